The number of tetrazole rings is 1. The second kappa shape index (κ2) is 7.87. The summed E-state index contributed by atoms with van der Waals surface area (Å²) in [6.07, 6.45) is 1.46. The summed E-state index contributed by atoms with van der Waals surface area (Å²) >= 11 is 12.1. The highest BCUT2D eigenvalue weighted by Crippen LogP contribution is 2.23. The fourth-order valence-electron chi connectivity index (χ4n) is 1.98. The van der Waals surface area contributed by atoms with Crippen LogP contribution in [0.2, 0.25) is 10.0 Å². The predicted octanol–water partition coefficient (Wildman–Crippen LogP) is 2.80. The fourth-order valence-corrected chi connectivity index (χ4v) is 2.38. The van der Waals surface area contributed by atoms with E-state index in [-0.39, 0.29) is 6.54 Å². The molecule has 1 heterocycles. The highest BCUT2D eigenvalue weighted by molar-refractivity contribution is 6.33. The van der Waals surface area contributed by atoms with Gasteiger partial charge in [0.05, 0.1) is 11.2 Å². The lowest BCUT2D eigenvalue weighted by Gasteiger charge is -1.99. The Hall–Kier alpha value is -2.77. The number of carbonyl (C=O) groups excluding carboxylic acids is 1. The number of halogens is 2. The van der Waals surface area contributed by atoms with E-state index in [0.29, 0.717) is 27.0 Å². The lowest BCUT2D eigenvalue weighted by atomic mass is 10.2. The van der Waals surface area contributed by atoms with Crippen LogP contribution >= 0.6 is 23.2 Å². The van der Waals surface area contributed by atoms with Gasteiger partial charge in [-0.25, -0.2) is 5.43 Å². The lowest BCUT2D eigenvalue weighted by Crippen LogP contribution is -2.24. The molecule has 0 aliphatic heterocycles. The maximum atomic E-state index is 11.9. The summed E-state index contributed by atoms with van der Waals surface area (Å²) in [5.74, 6) is -0.0515. The Labute approximate surface area is 153 Å². The molecule has 0 aliphatic rings. The second-order valence-corrected chi connectivity index (χ2v) is 5.75. The molecule has 3 aromatic rings. The van der Waals surface area contributed by atoms with Gasteiger partial charge in [0.1, 0.15) is 6.54 Å². The topological polar surface area (TPSA) is 85.1 Å². The van der Waals surface area contributed by atoms with Crippen molar-refractivity contribution in [2.45, 2.75) is 6.54 Å². The Kier molecular flexibility index (Phi) is 5.37. The van der Waals surface area contributed by atoms with E-state index in [1.165, 1.54) is 11.0 Å². The van der Waals surface area contributed by atoms with Crippen LogP contribution in [0.15, 0.2) is 53.6 Å². The number of carbonyl (C=O) groups is 1. The molecule has 3 rings (SSSR count). The highest BCUT2D eigenvalue weighted by Gasteiger charge is 2.11. The van der Waals surface area contributed by atoms with E-state index in [9.17, 15) is 4.79 Å². The molecular formula is C16H12Cl2N6O. The van der Waals surface area contributed by atoms with E-state index in [0.717, 1.165) is 0 Å². The van der Waals surface area contributed by atoms with E-state index in [2.05, 4.69) is 25.9 Å². The average Bonchev–Trinajstić information content (AvgIpc) is 3.05. The van der Waals surface area contributed by atoms with Gasteiger partial charge in [0.25, 0.3) is 5.91 Å². The van der Waals surface area contributed by atoms with Crippen molar-refractivity contribution >= 4 is 35.3 Å². The number of benzene rings is 2. The first kappa shape index (κ1) is 17.1. The van der Waals surface area contributed by atoms with E-state index in [4.69, 9.17) is 23.2 Å². The Morgan fingerprint density at radius 2 is 1.84 bits per heavy atom. The Balaban J connectivity index is 1.61. The molecular weight excluding hydrogens is 363 g/mol. The van der Waals surface area contributed by atoms with Crippen LogP contribution in [0, 0.1) is 0 Å². The molecule has 7 nitrogen and oxygen atoms in total. The molecule has 0 atom stereocenters. The maximum Gasteiger partial charge on any atom is 0.263 e. The molecule has 0 radical (unpaired) electrons. The van der Waals surface area contributed by atoms with Gasteiger partial charge in [-0.3, -0.25) is 4.79 Å². The molecule has 126 valence electrons. The number of nitrogens with one attached hydrogen (secondary N) is 1. The standard InChI is InChI=1S/C16H12Cl2N6O/c17-13-7-3-1-5-11(13)9-19-20-15(25)10-24-22-16(21-23-24)12-6-2-4-8-14(12)18/h1-9H,10H2,(H,20,25)/b19-9-. The van der Waals surface area contributed by atoms with Crippen LogP contribution in [0.1, 0.15) is 5.56 Å². The number of rotatable bonds is 5. The molecule has 1 aromatic heterocycles. The van der Waals surface area contributed by atoms with Gasteiger partial charge >= 0.3 is 0 Å². The van der Waals surface area contributed by atoms with Gasteiger partial charge in [0, 0.05) is 16.1 Å². The van der Waals surface area contributed by atoms with Crippen molar-refractivity contribution in [3.8, 4) is 11.4 Å². The van der Waals surface area contributed by atoms with E-state index >= 15 is 0 Å². The number of aromatic nitrogens is 4. The van der Waals surface area contributed by atoms with Gasteiger partial charge in [-0.1, -0.05) is 53.5 Å². The van der Waals surface area contributed by atoms with Gasteiger partial charge in [0.15, 0.2) is 0 Å². The van der Waals surface area contributed by atoms with Crippen molar-refractivity contribution in [2.24, 2.45) is 5.10 Å². The molecule has 1 N–H and O–H groups in total. The van der Waals surface area contributed by atoms with Crippen LogP contribution in [0.4, 0.5) is 0 Å². The van der Waals surface area contributed by atoms with Crippen molar-refractivity contribution in [3.05, 3.63) is 64.1 Å². The number of hydrogen-bond acceptors (Lipinski definition) is 5. The molecule has 25 heavy (non-hydrogen) atoms. The molecule has 0 saturated heterocycles. The molecule has 0 saturated carbocycles. The molecule has 9 heteroatoms. The molecule has 0 bridgehead atoms. The van der Waals surface area contributed by atoms with Crippen molar-refractivity contribution in [2.75, 3.05) is 0 Å². The summed E-state index contributed by atoms with van der Waals surface area (Å²) in [6.45, 7) is -0.128. The summed E-state index contributed by atoms with van der Waals surface area (Å²) in [6, 6.07) is 14.3. The molecule has 0 fully saturated rings. The summed E-state index contributed by atoms with van der Waals surface area (Å²) < 4.78 is 0. The predicted molar refractivity (Wildman–Crippen MR) is 95.5 cm³/mol. The van der Waals surface area contributed by atoms with Crippen molar-refractivity contribution < 1.29 is 4.79 Å². The third-order valence-electron chi connectivity index (χ3n) is 3.15. The summed E-state index contributed by atoms with van der Waals surface area (Å²) in [4.78, 5) is 13.1. The summed E-state index contributed by atoms with van der Waals surface area (Å²) in [5.41, 5.74) is 3.73. The van der Waals surface area contributed by atoms with Crippen LogP contribution in [-0.4, -0.2) is 32.3 Å². The monoisotopic (exact) mass is 374 g/mol. The van der Waals surface area contributed by atoms with Gasteiger partial charge in [0.2, 0.25) is 5.82 Å². The lowest BCUT2D eigenvalue weighted by molar-refractivity contribution is -0.122. The molecule has 0 spiro atoms. The molecule has 0 unspecified atom stereocenters. The highest BCUT2D eigenvalue weighted by atomic mass is 35.5. The molecule has 0 aliphatic carbocycles. The number of amides is 1. The quantitative estimate of drug-likeness (QED) is 0.549. The van der Waals surface area contributed by atoms with Crippen molar-refractivity contribution in [1.82, 2.24) is 25.6 Å². The second-order valence-electron chi connectivity index (χ2n) is 4.94. The number of hydrogen-bond donors (Lipinski definition) is 1. The first-order chi connectivity index (χ1) is 12.1. The Morgan fingerprint density at radius 3 is 2.60 bits per heavy atom. The fraction of sp³-hybridized carbons (Fsp3) is 0.0625. The first-order valence-corrected chi connectivity index (χ1v) is 7.98. The van der Waals surface area contributed by atoms with Gasteiger partial charge in [-0.15, -0.1) is 10.2 Å². The van der Waals surface area contributed by atoms with E-state index in [1.54, 1.807) is 30.3 Å². The minimum Gasteiger partial charge on any atom is -0.271 e. The Morgan fingerprint density at radius 1 is 1.12 bits per heavy atom. The summed E-state index contributed by atoms with van der Waals surface area (Å²) in [5, 5.41) is 16.8. The van der Waals surface area contributed by atoms with Crippen LogP contribution in [-0.2, 0) is 11.3 Å². The zero-order chi connectivity index (χ0) is 17.6. The minimum atomic E-state index is -0.397. The van der Waals surface area contributed by atoms with Crippen LogP contribution in [0.25, 0.3) is 11.4 Å². The number of nitrogens with zero attached hydrogens (tertiary/aromatic N) is 5. The Bertz CT molecular complexity index is 924. The van der Waals surface area contributed by atoms with E-state index in [1.807, 2.05) is 18.2 Å². The molecule has 2 aromatic carbocycles. The largest absolute Gasteiger partial charge is 0.271 e. The van der Waals surface area contributed by atoms with Crippen molar-refractivity contribution in [3.63, 3.8) is 0 Å². The maximum absolute atomic E-state index is 11.9. The molecule has 1 amide bonds. The minimum absolute atomic E-state index is 0.128. The van der Waals surface area contributed by atoms with Crippen LogP contribution in [0.3, 0.4) is 0 Å². The third-order valence-corrected chi connectivity index (χ3v) is 3.82. The SMILES string of the molecule is O=C(Cn1nnc(-c2ccccc2Cl)n1)N/N=C\c1ccccc1Cl. The van der Waals surface area contributed by atoms with Crippen LogP contribution in [0.5, 0.6) is 0 Å². The normalized spacial score (nSPS) is 11.0. The summed E-state index contributed by atoms with van der Waals surface area (Å²) in [7, 11) is 0. The van der Waals surface area contributed by atoms with Gasteiger partial charge < -0.3 is 0 Å². The third kappa shape index (κ3) is 4.40. The smallest absolute Gasteiger partial charge is 0.263 e. The van der Waals surface area contributed by atoms with E-state index < -0.39 is 5.91 Å². The van der Waals surface area contributed by atoms with Gasteiger partial charge in [-0.2, -0.15) is 9.90 Å². The first-order valence-electron chi connectivity index (χ1n) is 7.22. The van der Waals surface area contributed by atoms with Crippen LogP contribution < -0.4 is 5.43 Å². The average molecular weight is 375 g/mol. The number of hydrazone groups is 1. The zero-order valence-corrected chi connectivity index (χ0v) is 14.3. The van der Waals surface area contributed by atoms with Crippen molar-refractivity contribution in [1.29, 1.82) is 0 Å². The zero-order valence-electron chi connectivity index (χ0n) is 12.8. The van der Waals surface area contributed by atoms with Gasteiger partial charge in [-0.05, 0) is 23.4 Å².